The number of para-hydroxylation sites is 1. The standard InChI is InChI=1S/C29H33ClN10O3/c1-17-25(29(42)40(37(17)2)23-7-5-4-6-20(23)30)28(41)34-18-8-10-38(11-9-18)27-26(31)33-13-22(36-27)21-12-32-14-24(35-21)39-15-19(16-39)43-3/h4-7,12-14,18-19H,8-11,15-16H2,1-3H3,(H2,31,33)(H,34,41). The van der Waals surface area contributed by atoms with Crippen LogP contribution in [0.25, 0.3) is 17.1 Å². The molecule has 0 radical (unpaired) electrons. The minimum absolute atomic E-state index is 0.104. The van der Waals surface area contributed by atoms with Crippen LogP contribution in [0.1, 0.15) is 28.9 Å². The summed E-state index contributed by atoms with van der Waals surface area (Å²) in [7, 11) is 3.44. The molecule has 2 aliphatic heterocycles. The molecule has 2 fully saturated rings. The summed E-state index contributed by atoms with van der Waals surface area (Å²) in [4.78, 5) is 49.1. The number of anilines is 3. The minimum atomic E-state index is -0.414. The van der Waals surface area contributed by atoms with E-state index >= 15 is 0 Å². The number of amides is 1. The summed E-state index contributed by atoms with van der Waals surface area (Å²) in [5.74, 6) is 1.25. The molecule has 14 heteroatoms. The van der Waals surface area contributed by atoms with Crippen LogP contribution in [0.2, 0.25) is 5.02 Å². The molecule has 13 nitrogen and oxygen atoms in total. The maximum absolute atomic E-state index is 13.3. The highest BCUT2D eigenvalue weighted by Crippen LogP contribution is 2.28. The SMILES string of the molecule is COC1CN(c2cncc(-c3cnc(N)c(N4CCC(NC(=O)c5c(C)n(C)n(-c6ccccc6Cl)c5=O)CC4)n3)n2)C1. The van der Waals surface area contributed by atoms with Crippen LogP contribution in [0.4, 0.5) is 17.5 Å². The van der Waals surface area contributed by atoms with Crippen molar-refractivity contribution in [1.82, 2.24) is 34.6 Å². The third-order valence-electron chi connectivity index (χ3n) is 8.16. The van der Waals surface area contributed by atoms with Gasteiger partial charge in [-0.1, -0.05) is 23.7 Å². The molecule has 2 aliphatic rings. The number of aromatic nitrogens is 6. The maximum atomic E-state index is 13.3. The van der Waals surface area contributed by atoms with Crippen LogP contribution in [0, 0.1) is 6.92 Å². The average molecular weight is 605 g/mol. The Labute approximate surface area is 253 Å². The Morgan fingerprint density at radius 2 is 1.79 bits per heavy atom. The minimum Gasteiger partial charge on any atom is -0.381 e. The second-order valence-electron chi connectivity index (χ2n) is 10.8. The van der Waals surface area contributed by atoms with Gasteiger partial charge in [-0.05, 0) is 31.9 Å². The normalized spacial score (nSPS) is 15.9. The molecular formula is C29H33ClN10O3. The summed E-state index contributed by atoms with van der Waals surface area (Å²) in [6, 6.07) is 6.92. The quantitative estimate of drug-likeness (QED) is 0.321. The van der Waals surface area contributed by atoms with Crippen molar-refractivity contribution < 1.29 is 9.53 Å². The fourth-order valence-electron chi connectivity index (χ4n) is 5.51. The van der Waals surface area contributed by atoms with Crippen molar-refractivity contribution in [3.63, 3.8) is 0 Å². The number of ether oxygens (including phenoxy) is 1. The van der Waals surface area contributed by atoms with E-state index in [9.17, 15) is 9.59 Å². The molecule has 4 aromatic rings. The van der Waals surface area contributed by atoms with Gasteiger partial charge in [0, 0.05) is 46.4 Å². The Kier molecular flexibility index (Phi) is 7.75. The van der Waals surface area contributed by atoms with Gasteiger partial charge in [0.2, 0.25) is 0 Å². The van der Waals surface area contributed by atoms with E-state index in [1.54, 1.807) is 68.6 Å². The summed E-state index contributed by atoms with van der Waals surface area (Å²) in [5, 5.41) is 3.48. The molecule has 43 heavy (non-hydrogen) atoms. The third kappa shape index (κ3) is 5.41. The van der Waals surface area contributed by atoms with Crippen molar-refractivity contribution >= 4 is 35.0 Å². The lowest BCUT2D eigenvalue weighted by atomic mass is 10.0. The topological polar surface area (TPSA) is 149 Å². The Balaban J connectivity index is 1.13. The summed E-state index contributed by atoms with van der Waals surface area (Å²) in [6.07, 6.45) is 6.48. The Morgan fingerprint density at radius 3 is 2.51 bits per heavy atom. The van der Waals surface area contributed by atoms with Crippen molar-refractivity contribution in [2.24, 2.45) is 7.05 Å². The molecule has 0 bridgehead atoms. The molecule has 0 atom stereocenters. The molecular weight excluding hydrogens is 572 g/mol. The monoisotopic (exact) mass is 604 g/mol. The van der Waals surface area contributed by atoms with E-state index in [1.165, 1.54) is 4.68 Å². The van der Waals surface area contributed by atoms with Gasteiger partial charge in [-0.25, -0.2) is 19.6 Å². The number of nitrogens with one attached hydrogen (secondary N) is 1. The van der Waals surface area contributed by atoms with E-state index in [-0.39, 0.29) is 17.7 Å². The Morgan fingerprint density at radius 1 is 1.07 bits per heavy atom. The molecule has 6 rings (SSSR count). The van der Waals surface area contributed by atoms with Gasteiger partial charge in [-0.15, -0.1) is 0 Å². The number of halogens is 1. The zero-order valence-electron chi connectivity index (χ0n) is 24.2. The molecule has 0 saturated carbocycles. The number of nitrogen functional groups attached to an aromatic ring is 1. The third-order valence-corrected chi connectivity index (χ3v) is 8.48. The van der Waals surface area contributed by atoms with Crippen LogP contribution in [-0.4, -0.2) is 80.6 Å². The van der Waals surface area contributed by atoms with Crippen molar-refractivity contribution in [2.45, 2.75) is 31.9 Å². The molecule has 1 amide bonds. The summed E-state index contributed by atoms with van der Waals surface area (Å²) in [5.41, 5.74) is 8.19. The van der Waals surface area contributed by atoms with E-state index in [4.69, 9.17) is 32.0 Å². The van der Waals surface area contributed by atoms with Crippen molar-refractivity contribution in [2.75, 3.05) is 48.8 Å². The number of carbonyl (C=O) groups excluding carboxylic acids is 1. The summed E-state index contributed by atoms with van der Waals surface area (Å²) >= 11 is 6.35. The smallest absolute Gasteiger partial charge is 0.284 e. The number of benzene rings is 1. The fourth-order valence-corrected chi connectivity index (χ4v) is 5.72. The predicted molar refractivity (Wildman–Crippen MR) is 164 cm³/mol. The second-order valence-corrected chi connectivity index (χ2v) is 11.2. The van der Waals surface area contributed by atoms with Crippen molar-refractivity contribution in [3.8, 4) is 17.1 Å². The summed E-state index contributed by atoms with van der Waals surface area (Å²) in [6.45, 7) is 4.48. The molecule has 0 spiro atoms. The number of methoxy groups -OCH3 is 1. The van der Waals surface area contributed by atoms with Crippen LogP contribution < -0.4 is 26.4 Å². The fraction of sp³-hybridized carbons (Fsp3) is 0.379. The number of carbonyl (C=O) groups is 1. The van der Waals surface area contributed by atoms with E-state index in [2.05, 4.69) is 25.1 Å². The van der Waals surface area contributed by atoms with Gasteiger partial charge in [0.15, 0.2) is 11.6 Å². The lowest BCUT2D eigenvalue weighted by Gasteiger charge is -2.38. The van der Waals surface area contributed by atoms with Crippen LogP contribution >= 0.6 is 11.6 Å². The van der Waals surface area contributed by atoms with Crippen molar-refractivity contribution in [1.29, 1.82) is 0 Å². The average Bonchev–Trinajstić information content (AvgIpc) is 3.21. The lowest BCUT2D eigenvalue weighted by molar-refractivity contribution is 0.0783. The highest BCUT2D eigenvalue weighted by atomic mass is 35.5. The first-order chi connectivity index (χ1) is 20.7. The van der Waals surface area contributed by atoms with Crippen LogP contribution in [0.3, 0.4) is 0 Å². The molecule has 3 aromatic heterocycles. The zero-order valence-corrected chi connectivity index (χ0v) is 25.0. The van der Waals surface area contributed by atoms with E-state index in [1.807, 2.05) is 0 Å². The van der Waals surface area contributed by atoms with Gasteiger partial charge in [-0.3, -0.25) is 19.3 Å². The van der Waals surface area contributed by atoms with E-state index in [0.29, 0.717) is 65.4 Å². The number of nitrogens with two attached hydrogens (primary N) is 1. The highest BCUT2D eigenvalue weighted by molar-refractivity contribution is 6.32. The molecule has 0 unspecified atom stereocenters. The van der Waals surface area contributed by atoms with Crippen molar-refractivity contribution in [3.05, 3.63) is 69.5 Å². The molecule has 2 saturated heterocycles. The van der Waals surface area contributed by atoms with Gasteiger partial charge in [0.25, 0.3) is 11.5 Å². The van der Waals surface area contributed by atoms with E-state index < -0.39 is 11.5 Å². The second kappa shape index (κ2) is 11.7. The van der Waals surface area contributed by atoms with Gasteiger partial charge < -0.3 is 25.6 Å². The number of hydrogen-bond donors (Lipinski definition) is 2. The number of rotatable bonds is 7. The van der Waals surface area contributed by atoms with Crippen LogP contribution in [0.15, 0.2) is 47.7 Å². The first-order valence-corrected chi connectivity index (χ1v) is 14.4. The number of hydrogen-bond acceptors (Lipinski definition) is 10. The summed E-state index contributed by atoms with van der Waals surface area (Å²) < 4.78 is 8.43. The van der Waals surface area contributed by atoms with E-state index in [0.717, 1.165) is 18.9 Å². The first kappa shape index (κ1) is 28.6. The highest BCUT2D eigenvalue weighted by Gasteiger charge is 2.29. The molecule has 1 aromatic carbocycles. The maximum Gasteiger partial charge on any atom is 0.284 e. The van der Waals surface area contributed by atoms with Gasteiger partial charge in [0.1, 0.15) is 22.8 Å². The number of nitrogens with zero attached hydrogens (tertiary/aromatic N) is 8. The molecule has 3 N–H and O–H groups in total. The van der Waals surface area contributed by atoms with Crippen LogP contribution in [0.5, 0.6) is 0 Å². The zero-order chi connectivity index (χ0) is 30.2. The first-order valence-electron chi connectivity index (χ1n) is 14.1. The molecule has 224 valence electrons. The number of piperidine rings is 1. The van der Waals surface area contributed by atoms with Gasteiger partial charge >= 0.3 is 0 Å². The Hall–Kier alpha value is -4.49. The largest absolute Gasteiger partial charge is 0.381 e. The van der Waals surface area contributed by atoms with Gasteiger partial charge in [-0.2, -0.15) is 0 Å². The molecule has 0 aliphatic carbocycles. The van der Waals surface area contributed by atoms with Crippen LogP contribution in [-0.2, 0) is 11.8 Å². The lowest BCUT2D eigenvalue weighted by Crippen LogP contribution is -2.52. The van der Waals surface area contributed by atoms with Gasteiger partial charge in [0.05, 0.1) is 41.1 Å². The molecule has 5 heterocycles. The predicted octanol–water partition coefficient (Wildman–Crippen LogP) is 2.20. The Bertz CT molecular complexity index is 1720.